The number of hydrogen-bond acceptors (Lipinski definition) is 4. The molecule has 1 atom stereocenters. The van der Waals surface area contributed by atoms with Crippen LogP contribution in [0.4, 0.5) is 11.4 Å². The minimum atomic E-state index is 0.312. The summed E-state index contributed by atoms with van der Waals surface area (Å²) in [6, 6.07) is 4.03. The van der Waals surface area contributed by atoms with E-state index in [0.717, 1.165) is 41.8 Å². The first-order chi connectivity index (χ1) is 8.28. The number of benzene rings is 1. The van der Waals surface area contributed by atoms with Crippen molar-refractivity contribution in [2.75, 3.05) is 30.8 Å². The number of aromatic nitrogens is 2. The lowest BCUT2D eigenvalue weighted by Gasteiger charge is -2.20. The fourth-order valence-corrected chi connectivity index (χ4v) is 2.41. The van der Waals surface area contributed by atoms with Gasteiger partial charge in [-0.25, -0.2) is 0 Å². The Morgan fingerprint density at radius 1 is 1.53 bits per heavy atom. The van der Waals surface area contributed by atoms with Gasteiger partial charge in [-0.1, -0.05) is 0 Å². The maximum absolute atomic E-state index is 6.09. The molecule has 3 rings (SSSR count). The van der Waals surface area contributed by atoms with Crippen molar-refractivity contribution in [1.29, 1.82) is 0 Å². The highest BCUT2D eigenvalue weighted by molar-refractivity contribution is 5.89. The lowest BCUT2D eigenvalue weighted by Crippen LogP contribution is -2.23. The van der Waals surface area contributed by atoms with Gasteiger partial charge in [0, 0.05) is 25.6 Å². The summed E-state index contributed by atoms with van der Waals surface area (Å²) in [4.78, 5) is 2.27. The number of anilines is 2. The van der Waals surface area contributed by atoms with Crippen molar-refractivity contribution in [3.8, 4) is 0 Å². The predicted octanol–water partition coefficient (Wildman–Crippen LogP) is 1.37. The van der Waals surface area contributed by atoms with Crippen molar-refractivity contribution in [3.05, 3.63) is 18.3 Å². The molecule has 0 spiro atoms. The molecule has 5 heteroatoms. The van der Waals surface area contributed by atoms with Crippen molar-refractivity contribution in [2.24, 2.45) is 0 Å². The molecule has 1 saturated heterocycles. The van der Waals surface area contributed by atoms with Gasteiger partial charge in [0.25, 0.3) is 0 Å². The summed E-state index contributed by atoms with van der Waals surface area (Å²) in [5.74, 6) is 0. The Labute approximate surface area is 99.5 Å². The van der Waals surface area contributed by atoms with Crippen LogP contribution in [-0.2, 0) is 4.74 Å². The van der Waals surface area contributed by atoms with Crippen molar-refractivity contribution in [2.45, 2.75) is 12.5 Å². The third-order valence-corrected chi connectivity index (χ3v) is 3.41. The molecule has 1 aromatic heterocycles. The molecular weight excluding hydrogens is 216 g/mol. The zero-order valence-electron chi connectivity index (χ0n) is 9.81. The standard InChI is InChI=1S/C12H16N4O/c1-17-9-2-3-16(7-9)12-5-11-8(4-10(12)13)6-14-15-11/h4-6,9H,2-3,7,13H2,1H3,(H,14,15). The molecule has 2 aromatic rings. The van der Waals surface area contributed by atoms with Crippen LogP contribution in [0.3, 0.4) is 0 Å². The van der Waals surface area contributed by atoms with Crippen LogP contribution in [0.1, 0.15) is 6.42 Å². The van der Waals surface area contributed by atoms with Crippen molar-refractivity contribution < 1.29 is 4.74 Å². The molecule has 0 saturated carbocycles. The monoisotopic (exact) mass is 232 g/mol. The van der Waals surface area contributed by atoms with Crippen molar-refractivity contribution in [3.63, 3.8) is 0 Å². The van der Waals surface area contributed by atoms with Crippen LogP contribution in [0.5, 0.6) is 0 Å². The molecule has 1 unspecified atom stereocenters. The van der Waals surface area contributed by atoms with E-state index in [4.69, 9.17) is 10.5 Å². The number of nitrogens with one attached hydrogen (secondary N) is 1. The Bertz CT molecular complexity index is 536. The maximum atomic E-state index is 6.09. The highest BCUT2D eigenvalue weighted by Gasteiger charge is 2.23. The molecule has 1 aliphatic heterocycles. The quantitative estimate of drug-likeness (QED) is 0.767. The molecule has 3 N–H and O–H groups in total. The minimum Gasteiger partial charge on any atom is -0.397 e. The molecule has 2 heterocycles. The highest BCUT2D eigenvalue weighted by atomic mass is 16.5. The molecule has 1 fully saturated rings. The zero-order valence-corrected chi connectivity index (χ0v) is 9.81. The summed E-state index contributed by atoms with van der Waals surface area (Å²) in [6.45, 7) is 1.89. The Balaban J connectivity index is 1.96. The Hall–Kier alpha value is -1.75. The summed E-state index contributed by atoms with van der Waals surface area (Å²) < 4.78 is 5.37. The molecule has 0 radical (unpaired) electrons. The number of fused-ring (bicyclic) bond motifs is 1. The number of aromatic amines is 1. The first kappa shape index (κ1) is 10.4. The van der Waals surface area contributed by atoms with Crippen molar-refractivity contribution >= 4 is 22.3 Å². The molecule has 1 aromatic carbocycles. The average Bonchev–Trinajstić information content (AvgIpc) is 2.94. The van der Waals surface area contributed by atoms with Crippen LogP contribution >= 0.6 is 0 Å². The van der Waals surface area contributed by atoms with Gasteiger partial charge in [-0.2, -0.15) is 5.10 Å². The lowest BCUT2D eigenvalue weighted by molar-refractivity contribution is 0.121. The number of H-pyrrole nitrogens is 1. The van der Waals surface area contributed by atoms with Gasteiger partial charge in [-0.05, 0) is 18.6 Å². The lowest BCUT2D eigenvalue weighted by atomic mass is 10.2. The number of nitrogens with zero attached hydrogens (tertiary/aromatic N) is 2. The predicted molar refractivity (Wildman–Crippen MR) is 68.1 cm³/mol. The first-order valence-corrected chi connectivity index (χ1v) is 5.78. The Morgan fingerprint density at radius 3 is 3.18 bits per heavy atom. The van der Waals surface area contributed by atoms with E-state index in [9.17, 15) is 0 Å². The van der Waals surface area contributed by atoms with E-state index in [1.807, 2.05) is 6.07 Å². The third kappa shape index (κ3) is 1.72. The van der Waals surface area contributed by atoms with Crippen LogP contribution in [-0.4, -0.2) is 36.5 Å². The molecule has 5 nitrogen and oxygen atoms in total. The van der Waals surface area contributed by atoms with E-state index in [2.05, 4.69) is 21.2 Å². The molecule has 17 heavy (non-hydrogen) atoms. The number of nitrogen functional groups attached to an aromatic ring is 1. The fraction of sp³-hybridized carbons (Fsp3) is 0.417. The molecular formula is C12H16N4O. The minimum absolute atomic E-state index is 0.312. The second kappa shape index (κ2) is 3.92. The second-order valence-electron chi connectivity index (χ2n) is 4.46. The van der Waals surface area contributed by atoms with Gasteiger partial charge < -0.3 is 15.4 Å². The third-order valence-electron chi connectivity index (χ3n) is 3.41. The zero-order chi connectivity index (χ0) is 11.8. The van der Waals surface area contributed by atoms with Gasteiger partial charge in [0.1, 0.15) is 0 Å². The first-order valence-electron chi connectivity index (χ1n) is 5.78. The summed E-state index contributed by atoms with van der Waals surface area (Å²) in [5, 5.41) is 8.04. The SMILES string of the molecule is COC1CCN(c2cc3[nH]ncc3cc2N)C1. The van der Waals surface area contributed by atoms with Crippen LogP contribution in [0.15, 0.2) is 18.3 Å². The molecule has 0 aliphatic carbocycles. The number of methoxy groups -OCH3 is 1. The maximum Gasteiger partial charge on any atom is 0.0762 e. The normalized spacial score (nSPS) is 20.3. The van der Waals surface area contributed by atoms with Crippen LogP contribution in [0, 0.1) is 0 Å². The highest BCUT2D eigenvalue weighted by Crippen LogP contribution is 2.30. The summed E-state index contributed by atoms with van der Waals surface area (Å²) >= 11 is 0. The summed E-state index contributed by atoms with van der Waals surface area (Å²) in [6.07, 6.45) is 3.15. The van der Waals surface area contributed by atoms with E-state index in [0.29, 0.717) is 6.10 Å². The Morgan fingerprint density at radius 2 is 2.41 bits per heavy atom. The van der Waals surface area contributed by atoms with E-state index in [1.54, 1.807) is 13.3 Å². The number of hydrogen-bond donors (Lipinski definition) is 2. The number of ether oxygens (including phenoxy) is 1. The topological polar surface area (TPSA) is 67.2 Å². The van der Waals surface area contributed by atoms with Gasteiger partial charge in [0.15, 0.2) is 0 Å². The van der Waals surface area contributed by atoms with Crippen LogP contribution in [0.2, 0.25) is 0 Å². The molecule has 90 valence electrons. The van der Waals surface area contributed by atoms with E-state index in [-0.39, 0.29) is 0 Å². The van der Waals surface area contributed by atoms with E-state index >= 15 is 0 Å². The Kier molecular flexibility index (Phi) is 2.40. The molecule has 0 amide bonds. The molecule has 0 bridgehead atoms. The fourth-order valence-electron chi connectivity index (χ4n) is 2.41. The van der Waals surface area contributed by atoms with E-state index < -0.39 is 0 Å². The summed E-state index contributed by atoms with van der Waals surface area (Å²) in [7, 11) is 1.76. The van der Waals surface area contributed by atoms with E-state index in [1.165, 1.54) is 0 Å². The van der Waals surface area contributed by atoms with Crippen LogP contribution in [0.25, 0.3) is 10.9 Å². The smallest absolute Gasteiger partial charge is 0.0762 e. The average molecular weight is 232 g/mol. The van der Waals surface area contributed by atoms with Gasteiger partial charge >= 0.3 is 0 Å². The number of nitrogens with two attached hydrogens (primary N) is 1. The van der Waals surface area contributed by atoms with Gasteiger partial charge in [0.05, 0.1) is 29.2 Å². The van der Waals surface area contributed by atoms with Gasteiger partial charge in [0.2, 0.25) is 0 Å². The molecule has 1 aliphatic rings. The van der Waals surface area contributed by atoms with Crippen LogP contribution < -0.4 is 10.6 Å². The largest absolute Gasteiger partial charge is 0.397 e. The van der Waals surface area contributed by atoms with Crippen molar-refractivity contribution in [1.82, 2.24) is 10.2 Å². The van der Waals surface area contributed by atoms with Gasteiger partial charge in [-0.3, -0.25) is 5.10 Å². The summed E-state index contributed by atoms with van der Waals surface area (Å²) in [5.41, 5.74) is 8.98. The van der Waals surface area contributed by atoms with Gasteiger partial charge in [-0.15, -0.1) is 0 Å². The number of rotatable bonds is 2. The second-order valence-corrected chi connectivity index (χ2v) is 4.46.